The lowest BCUT2D eigenvalue weighted by Gasteiger charge is -2.06. The number of ketones is 1. The molecule has 1 atom stereocenters. The topological polar surface area (TPSA) is 48.0 Å². The Balaban J connectivity index is 2.60. The molecular weight excluding hydrogens is 212 g/mol. The summed E-state index contributed by atoms with van der Waals surface area (Å²) in [6.45, 7) is 3.98. The molecule has 3 nitrogen and oxygen atoms in total. The fourth-order valence-corrected chi connectivity index (χ4v) is 2.08. The van der Waals surface area contributed by atoms with E-state index < -0.39 is 6.04 Å². The Kier molecular flexibility index (Phi) is 3.03. The molecule has 0 radical (unpaired) electrons. The van der Waals surface area contributed by atoms with Gasteiger partial charge in [0.05, 0.1) is 6.04 Å². The summed E-state index contributed by atoms with van der Waals surface area (Å²) in [5.41, 5.74) is 8.83. The lowest BCUT2D eigenvalue weighted by atomic mass is 10.0. The van der Waals surface area contributed by atoms with E-state index in [-0.39, 0.29) is 5.78 Å². The third-order valence-electron chi connectivity index (χ3n) is 3.19. The van der Waals surface area contributed by atoms with Crippen molar-refractivity contribution in [3.63, 3.8) is 0 Å². The summed E-state index contributed by atoms with van der Waals surface area (Å²) in [7, 11) is 1.95. The van der Waals surface area contributed by atoms with Gasteiger partial charge in [-0.1, -0.05) is 19.1 Å². The van der Waals surface area contributed by atoms with Crippen LogP contribution in [0, 0.1) is 6.92 Å². The number of aryl methyl sites for hydroxylation is 2. The number of aromatic nitrogens is 1. The maximum Gasteiger partial charge on any atom is 0.181 e. The number of carbonyl (C=O) groups is 1. The highest BCUT2D eigenvalue weighted by atomic mass is 16.1. The second-order valence-electron chi connectivity index (χ2n) is 4.55. The van der Waals surface area contributed by atoms with Crippen molar-refractivity contribution in [3.05, 3.63) is 35.5 Å². The van der Waals surface area contributed by atoms with Gasteiger partial charge < -0.3 is 10.3 Å². The number of benzene rings is 1. The van der Waals surface area contributed by atoms with E-state index in [1.54, 1.807) is 0 Å². The summed E-state index contributed by atoms with van der Waals surface area (Å²) in [6.07, 6.45) is 2.54. The number of hydrogen-bond donors (Lipinski definition) is 1. The van der Waals surface area contributed by atoms with E-state index in [0.29, 0.717) is 6.42 Å². The highest BCUT2D eigenvalue weighted by molar-refractivity contribution is 6.10. The molecule has 2 aromatic rings. The second-order valence-corrected chi connectivity index (χ2v) is 4.55. The van der Waals surface area contributed by atoms with E-state index in [1.807, 2.05) is 43.8 Å². The van der Waals surface area contributed by atoms with Crippen molar-refractivity contribution >= 4 is 16.7 Å². The molecule has 0 saturated carbocycles. The fraction of sp³-hybridized carbons (Fsp3) is 0.357. The lowest BCUT2D eigenvalue weighted by Crippen LogP contribution is -2.29. The van der Waals surface area contributed by atoms with Gasteiger partial charge in [0.25, 0.3) is 0 Å². The molecule has 0 spiro atoms. The van der Waals surface area contributed by atoms with E-state index in [0.717, 1.165) is 16.5 Å². The van der Waals surface area contributed by atoms with Crippen LogP contribution in [0.3, 0.4) is 0 Å². The molecule has 0 amide bonds. The minimum Gasteiger partial charge on any atom is -0.350 e. The smallest absolute Gasteiger partial charge is 0.181 e. The Hall–Kier alpha value is -1.61. The number of fused-ring (bicyclic) bond motifs is 1. The SMILES string of the molecule is CCC(N)C(=O)c1cn(C)c2cc(C)ccc12. The van der Waals surface area contributed by atoms with Gasteiger partial charge in [0, 0.05) is 29.7 Å². The molecule has 1 aromatic heterocycles. The zero-order valence-corrected chi connectivity index (χ0v) is 10.5. The number of nitrogens with zero attached hydrogens (tertiary/aromatic N) is 1. The molecule has 0 fully saturated rings. The molecule has 2 rings (SSSR count). The summed E-state index contributed by atoms with van der Waals surface area (Å²) in [5, 5.41) is 0.993. The highest BCUT2D eigenvalue weighted by Crippen LogP contribution is 2.23. The third-order valence-corrected chi connectivity index (χ3v) is 3.19. The Morgan fingerprint density at radius 3 is 2.82 bits per heavy atom. The molecule has 0 saturated heterocycles. The van der Waals surface area contributed by atoms with Gasteiger partial charge in [0.2, 0.25) is 0 Å². The fourth-order valence-electron chi connectivity index (χ4n) is 2.08. The summed E-state index contributed by atoms with van der Waals surface area (Å²) in [6, 6.07) is 5.71. The largest absolute Gasteiger partial charge is 0.350 e. The van der Waals surface area contributed by atoms with Crippen LogP contribution in [-0.2, 0) is 7.05 Å². The molecule has 2 N–H and O–H groups in total. The van der Waals surface area contributed by atoms with Gasteiger partial charge in [-0.2, -0.15) is 0 Å². The van der Waals surface area contributed by atoms with Crippen LogP contribution in [0.25, 0.3) is 10.9 Å². The van der Waals surface area contributed by atoms with Crippen molar-refractivity contribution in [1.82, 2.24) is 4.57 Å². The number of rotatable bonds is 3. The Morgan fingerprint density at radius 2 is 2.18 bits per heavy atom. The molecule has 1 unspecified atom stereocenters. The van der Waals surface area contributed by atoms with Crippen LogP contribution in [0.1, 0.15) is 29.3 Å². The number of hydrogen-bond acceptors (Lipinski definition) is 2. The second kappa shape index (κ2) is 4.34. The highest BCUT2D eigenvalue weighted by Gasteiger charge is 2.18. The molecule has 17 heavy (non-hydrogen) atoms. The van der Waals surface area contributed by atoms with Gasteiger partial charge in [0.1, 0.15) is 0 Å². The van der Waals surface area contributed by atoms with Crippen molar-refractivity contribution < 1.29 is 4.79 Å². The molecule has 90 valence electrons. The van der Waals surface area contributed by atoms with Gasteiger partial charge in [-0.3, -0.25) is 4.79 Å². The molecule has 0 aliphatic rings. The standard InChI is InChI=1S/C14H18N2O/c1-4-12(15)14(17)11-8-16(3)13-7-9(2)5-6-10(11)13/h5-8,12H,4,15H2,1-3H3. The molecule has 0 bridgehead atoms. The Labute approximate surface area is 101 Å². The van der Waals surface area contributed by atoms with Crippen molar-refractivity contribution in [2.24, 2.45) is 12.8 Å². The molecule has 1 aromatic carbocycles. The van der Waals surface area contributed by atoms with E-state index in [4.69, 9.17) is 5.73 Å². The van der Waals surface area contributed by atoms with Gasteiger partial charge in [-0.05, 0) is 25.0 Å². The van der Waals surface area contributed by atoms with Crippen LogP contribution < -0.4 is 5.73 Å². The third kappa shape index (κ3) is 1.98. The maximum absolute atomic E-state index is 12.1. The van der Waals surface area contributed by atoms with Gasteiger partial charge >= 0.3 is 0 Å². The first kappa shape index (κ1) is 11.9. The Bertz CT molecular complexity index is 569. The normalized spacial score (nSPS) is 12.9. The first-order chi connectivity index (χ1) is 8.04. The van der Waals surface area contributed by atoms with Crippen molar-refractivity contribution in [2.45, 2.75) is 26.3 Å². The number of Topliss-reactive ketones (excluding diaryl/α,β-unsaturated/α-hetero) is 1. The average molecular weight is 230 g/mol. The van der Waals surface area contributed by atoms with Gasteiger partial charge in [0.15, 0.2) is 5.78 Å². The van der Waals surface area contributed by atoms with Crippen LogP contribution in [0.5, 0.6) is 0 Å². The summed E-state index contributed by atoms with van der Waals surface area (Å²) >= 11 is 0. The van der Waals surface area contributed by atoms with Crippen LogP contribution >= 0.6 is 0 Å². The zero-order chi connectivity index (χ0) is 12.6. The van der Waals surface area contributed by atoms with Crippen molar-refractivity contribution in [2.75, 3.05) is 0 Å². The quantitative estimate of drug-likeness (QED) is 0.823. The van der Waals surface area contributed by atoms with Crippen LogP contribution in [0.15, 0.2) is 24.4 Å². The molecule has 3 heteroatoms. The van der Waals surface area contributed by atoms with E-state index in [9.17, 15) is 4.79 Å². The minimum absolute atomic E-state index is 0.0296. The lowest BCUT2D eigenvalue weighted by molar-refractivity contribution is 0.0961. The zero-order valence-electron chi connectivity index (χ0n) is 10.5. The first-order valence-corrected chi connectivity index (χ1v) is 5.90. The monoisotopic (exact) mass is 230 g/mol. The van der Waals surface area contributed by atoms with Gasteiger partial charge in [-0.15, -0.1) is 0 Å². The van der Waals surface area contributed by atoms with Crippen LogP contribution in [0.4, 0.5) is 0 Å². The summed E-state index contributed by atoms with van der Waals surface area (Å²) in [4.78, 5) is 12.1. The van der Waals surface area contributed by atoms with Crippen LogP contribution in [-0.4, -0.2) is 16.4 Å². The number of nitrogens with two attached hydrogens (primary N) is 1. The van der Waals surface area contributed by atoms with E-state index in [1.165, 1.54) is 5.56 Å². The Morgan fingerprint density at radius 1 is 1.47 bits per heavy atom. The maximum atomic E-state index is 12.1. The van der Waals surface area contributed by atoms with Crippen molar-refractivity contribution in [3.8, 4) is 0 Å². The molecular formula is C14H18N2O. The first-order valence-electron chi connectivity index (χ1n) is 5.90. The van der Waals surface area contributed by atoms with E-state index >= 15 is 0 Å². The average Bonchev–Trinajstić information content (AvgIpc) is 2.64. The molecule has 0 aliphatic heterocycles. The van der Waals surface area contributed by atoms with Crippen LogP contribution in [0.2, 0.25) is 0 Å². The summed E-state index contributed by atoms with van der Waals surface area (Å²) < 4.78 is 1.98. The van der Waals surface area contributed by atoms with Gasteiger partial charge in [-0.25, -0.2) is 0 Å². The molecule has 0 aliphatic carbocycles. The van der Waals surface area contributed by atoms with E-state index in [2.05, 4.69) is 6.07 Å². The summed E-state index contributed by atoms with van der Waals surface area (Å²) in [5.74, 6) is 0.0296. The minimum atomic E-state index is -0.401. The molecule has 1 heterocycles. The number of carbonyl (C=O) groups excluding carboxylic acids is 1. The van der Waals surface area contributed by atoms with Crippen molar-refractivity contribution in [1.29, 1.82) is 0 Å². The predicted molar refractivity (Wildman–Crippen MR) is 70.3 cm³/mol. The predicted octanol–water partition coefficient (Wildman–Crippen LogP) is 2.41.